The van der Waals surface area contributed by atoms with Crippen LogP contribution in [-0.2, 0) is 0 Å². The first-order chi connectivity index (χ1) is 28.4. The maximum absolute atomic E-state index is 6.59. The molecule has 0 saturated heterocycles. The topological polar surface area (TPSA) is 26.3 Å². The van der Waals surface area contributed by atoms with Gasteiger partial charge in [-0.2, -0.15) is 0 Å². The second kappa shape index (κ2) is 21.2. The van der Waals surface area contributed by atoms with Crippen LogP contribution in [0.25, 0.3) is 43.9 Å². The fourth-order valence-electron chi connectivity index (χ4n) is 5.83. The molecule has 0 radical (unpaired) electrons. The SMILES string of the molecule is C.C.C.C[Si](C)(C)C#Cc1cc(C#C[Si](C)(C)C)c2oc3c(C#C[Si](C)(C)C)cc(C#C[Si](C)(C)C)cc3c2c1.C[Si](C)(C)C#Cc1ccc2oc3c(C#C[Si](C)(C)C)cccc3c2c1. The van der Waals surface area contributed by atoms with E-state index in [9.17, 15) is 0 Å². The van der Waals surface area contributed by atoms with Gasteiger partial charge < -0.3 is 8.83 Å². The molecule has 0 aliphatic heterocycles. The maximum Gasteiger partial charge on any atom is 0.151 e. The molecule has 0 aliphatic rings. The van der Waals surface area contributed by atoms with Crippen LogP contribution in [-0.4, -0.2) is 48.4 Å². The second-order valence-corrected chi connectivity index (χ2v) is 50.9. The van der Waals surface area contributed by atoms with Crippen LogP contribution in [0.4, 0.5) is 0 Å². The first kappa shape index (κ1) is 56.3. The monoisotopic (exact) mass is 960 g/mol. The first-order valence-corrected chi connectivity index (χ1v) is 42.6. The molecule has 0 aliphatic carbocycles. The van der Waals surface area contributed by atoms with E-state index in [1.165, 1.54) is 0 Å². The Morgan fingerprint density at radius 1 is 0.308 bits per heavy atom. The number of para-hydroxylation sites is 1. The molecule has 0 amide bonds. The Bertz CT molecular complexity index is 2980. The molecule has 0 bridgehead atoms. The summed E-state index contributed by atoms with van der Waals surface area (Å²) in [7, 11) is -9.02. The summed E-state index contributed by atoms with van der Waals surface area (Å²) in [6, 6.07) is 21.0. The van der Waals surface area contributed by atoms with Gasteiger partial charge in [0.25, 0.3) is 0 Å². The van der Waals surface area contributed by atoms with E-state index in [1.807, 2.05) is 18.2 Å². The van der Waals surface area contributed by atoms with Gasteiger partial charge in [0, 0.05) is 38.2 Å². The Morgan fingerprint density at radius 2 is 0.646 bits per heavy atom. The lowest BCUT2D eigenvalue weighted by Gasteiger charge is -2.05. The zero-order valence-electron chi connectivity index (χ0n) is 40.6. The summed E-state index contributed by atoms with van der Waals surface area (Å²) in [4.78, 5) is 0. The average molecular weight is 962 g/mol. The first-order valence-electron chi connectivity index (χ1n) is 21.6. The van der Waals surface area contributed by atoms with Crippen molar-refractivity contribution in [1.82, 2.24) is 0 Å². The molecule has 340 valence electrons. The van der Waals surface area contributed by atoms with E-state index in [1.54, 1.807) is 0 Å². The van der Waals surface area contributed by atoms with E-state index < -0.39 is 48.4 Å². The minimum absolute atomic E-state index is 0. The van der Waals surface area contributed by atoms with Gasteiger partial charge in [-0.05, 0) is 48.5 Å². The van der Waals surface area contributed by atoms with Crippen LogP contribution < -0.4 is 0 Å². The van der Waals surface area contributed by atoms with E-state index in [4.69, 9.17) is 8.83 Å². The summed E-state index contributed by atoms with van der Waals surface area (Å²) in [6.07, 6.45) is 0. The van der Waals surface area contributed by atoms with E-state index in [0.717, 1.165) is 77.3 Å². The number of benzene rings is 4. The number of hydrogen-bond donors (Lipinski definition) is 0. The van der Waals surface area contributed by atoms with Gasteiger partial charge in [0.05, 0.1) is 16.7 Å². The number of hydrogen-bond acceptors (Lipinski definition) is 2. The maximum atomic E-state index is 6.59. The Morgan fingerprint density at radius 3 is 1.05 bits per heavy atom. The van der Waals surface area contributed by atoms with Crippen molar-refractivity contribution in [3.05, 3.63) is 94.0 Å². The highest BCUT2D eigenvalue weighted by Gasteiger charge is 2.19. The molecule has 6 aromatic rings. The molecular weight excluding hydrogens is 885 g/mol. The van der Waals surface area contributed by atoms with Crippen LogP contribution in [0.3, 0.4) is 0 Å². The van der Waals surface area contributed by atoms with Crippen molar-refractivity contribution < 1.29 is 8.83 Å². The lowest BCUT2D eigenvalue weighted by molar-refractivity contribution is 0.666. The van der Waals surface area contributed by atoms with Crippen molar-refractivity contribution in [3.8, 4) is 68.8 Å². The highest BCUT2D eigenvalue weighted by molar-refractivity contribution is 6.85. The van der Waals surface area contributed by atoms with Crippen molar-refractivity contribution in [2.24, 2.45) is 0 Å². The molecule has 2 aromatic heterocycles. The molecule has 0 N–H and O–H groups in total. The van der Waals surface area contributed by atoms with Crippen LogP contribution in [0.5, 0.6) is 0 Å². The van der Waals surface area contributed by atoms with Gasteiger partial charge >= 0.3 is 0 Å². The zero-order chi connectivity index (χ0) is 46.1. The van der Waals surface area contributed by atoms with Crippen molar-refractivity contribution in [2.75, 3.05) is 0 Å². The van der Waals surface area contributed by atoms with E-state index in [-0.39, 0.29) is 22.3 Å². The lowest BCUT2D eigenvalue weighted by Crippen LogP contribution is -2.16. The van der Waals surface area contributed by atoms with Gasteiger partial charge in [-0.15, -0.1) is 33.3 Å². The highest BCUT2D eigenvalue weighted by Crippen LogP contribution is 2.35. The van der Waals surface area contributed by atoms with Gasteiger partial charge in [0.1, 0.15) is 54.0 Å². The third-order valence-corrected chi connectivity index (χ3v) is 13.9. The molecule has 4 aromatic carbocycles. The quantitative estimate of drug-likeness (QED) is 0.112. The molecule has 6 rings (SSSR count). The molecule has 65 heavy (non-hydrogen) atoms. The van der Waals surface area contributed by atoms with Crippen LogP contribution >= 0.6 is 0 Å². The van der Waals surface area contributed by atoms with Crippen molar-refractivity contribution in [3.63, 3.8) is 0 Å². The number of fused-ring (bicyclic) bond motifs is 6. The second-order valence-electron chi connectivity index (χ2n) is 22.4. The molecule has 8 heteroatoms. The normalized spacial score (nSPS) is 11.4. The Hall–Kier alpha value is -4.86. The third kappa shape index (κ3) is 17.1. The number of rotatable bonds is 0. The summed E-state index contributed by atoms with van der Waals surface area (Å²) < 4.78 is 12.7. The van der Waals surface area contributed by atoms with Crippen molar-refractivity contribution in [1.29, 1.82) is 0 Å². The minimum atomic E-state index is -1.58. The zero-order valence-corrected chi connectivity index (χ0v) is 46.6. The largest absolute Gasteiger partial charge is 0.455 e. The Kier molecular flexibility index (Phi) is 18.3. The smallest absolute Gasteiger partial charge is 0.151 e. The predicted molar refractivity (Wildman–Crippen MR) is 309 cm³/mol. The lowest BCUT2D eigenvalue weighted by atomic mass is 10.0. The molecular formula is C57H76O2Si6. The van der Waals surface area contributed by atoms with Crippen LogP contribution in [0.1, 0.15) is 55.7 Å². The summed E-state index contributed by atoms with van der Waals surface area (Å²) in [6.45, 7) is 40.7. The molecule has 2 heterocycles. The fourth-order valence-corrected chi connectivity index (χ4v) is 8.92. The van der Waals surface area contributed by atoms with Gasteiger partial charge in [-0.3, -0.25) is 0 Å². The van der Waals surface area contributed by atoms with Gasteiger partial charge in [-0.1, -0.05) is 188 Å². The van der Waals surface area contributed by atoms with Crippen LogP contribution in [0.2, 0.25) is 118 Å². The molecule has 0 atom stereocenters. The molecule has 0 fully saturated rings. The predicted octanol–water partition coefficient (Wildman–Crippen LogP) is 16.5. The van der Waals surface area contributed by atoms with Gasteiger partial charge in [0.15, 0.2) is 16.7 Å². The molecule has 2 nitrogen and oxygen atoms in total. The van der Waals surface area contributed by atoms with Crippen molar-refractivity contribution >= 4 is 92.3 Å². The van der Waals surface area contributed by atoms with Crippen molar-refractivity contribution in [2.45, 2.75) is 140 Å². The molecule has 0 saturated carbocycles. The number of furan rings is 2. The highest BCUT2D eigenvalue weighted by atomic mass is 28.3. The van der Waals surface area contributed by atoms with Gasteiger partial charge in [-0.25, -0.2) is 0 Å². The minimum Gasteiger partial charge on any atom is -0.455 e. The van der Waals surface area contributed by atoms with Crippen LogP contribution in [0, 0.1) is 68.8 Å². The van der Waals surface area contributed by atoms with Crippen LogP contribution in [0.15, 0.2) is 69.5 Å². The average Bonchev–Trinajstić information content (AvgIpc) is 3.70. The van der Waals surface area contributed by atoms with E-state index in [0.29, 0.717) is 0 Å². The molecule has 0 spiro atoms. The Balaban J connectivity index is 0.000000455. The summed E-state index contributed by atoms with van der Waals surface area (Å²) >= 11 is 0. The standard InChI is InChI=1S/C32H40OSi4.C22H24OSi2.3CH4/c1-34(2,3)17-13-25-21-27(15-19-36(7,8)9)31-29(23-25)30-24-26(14-18-35(4,5)6)22-28(32(30)33-31)16-20-37(10,11)12;1-24(2,3)14-12-17-10-11-21-20(16-17)19-9-7-8-18(22(19)23-21)13-15-25(4,5)6;;;/h21-24H,1-12H3;7-11,16H,1-6H3;3*1H4. The third-order valence-electron chi connectivity index (χ3n) is 8.63. The molecule has 0 unspecified atom stereocenters. The van der Waals surface area contributed by atoms with E-state index >= 15 is 0 Å². The Labute approximate surface area is 401 Å². The van der Waals surface area contributed by atoms with Gasteiger partial charge in [0.2, 0.25) is 0 Å². The van der Waals surface area contributed by atoms with E-state index in [2.05, 4.69) is 229 Å². The summed E-state index contributed by atoms with van der Waals surface area (Å²) in [5, 5.41) is 4.33. The summed E-state index contributed by atoms with van der Waals surface area (Å²) in [5.41, 5.74) is 30.2. The summed E-state index contributed by atoms with van der Waals surface area (Å²) in [5.74, 6) is 20.5. The fraction of sp³-hybridized carbons (Fsp3) is 0.368.